The number of rotatable bonds is 34. The van der Waals surface area contributed by atoms with E-state index in [-0.39, 0.29) is 35.8 Å². The van der Waals surface area contributed by atoms with E-state index in [1.807, 2.05) is 6.92 Å². The summed E-state index contributed by atoms with van der Waals surface area (Å²) < 4.78 is 56.5. The molecule has 0 aliphatic carbocycles. The maximum Gasteiger partial charge on any atom is 0.311 e. The van der Waals surface area contributed by atoms with E-state index in [0.29, 0.717) is 79.1 Å². The molecule has 0 aromatic carbocycles. The van der Waals surface area contributed by atoms with Gasteiger partial charge in [-0.1, -0.05) is 76.7 Å². The summed E-state index contributed by atoms with van der Waals surface area (Å²) in [4.78, 5) is 2.21. The van der Waals surface area contributed by atoms with Gasteiger partial charge in [-0.05, 0) is 158 Å². The van der Waals surface area contributed by atoms with Crippen LogP contribution in [0.4, 0.5) is 0 Å². The Balaban J connectivity index is -0.0000000978. The van der Waals surface area contributed by atoms with Gasteiger partial charge in [-0.25, -0.2) is 0 Å². The third kappa shape index (κ3) is 96.9. The van der Waals surface area contributed by atoms with Gasteiger partial charge in [-0.3, -0.25) is 0 Å². The highest BCUT2D eigenvalue weighted by Crippen LogP contribution is 2.21. The molecule has 0 aliphatic heterocycles. The summed E-state index contributed by atoms with van der Waals surface area (Å²) in [5.74, 6) is 0. The number of ether oxygens (including phenoxy) is 6. The summed E-state index contributed by atoms with van der Waals surface area (Å²) in [6.45, 7) is 52.5. The average molecular weight is 1080 g/mol. The van der Waals surface area contributed by atoms with Crippen LogP contribution in [-0.2, 0) is 44.9 Å². The SMILES string of the molecule is C.C.C.C.CCCCN.CCCCN(C)C.CCCCOCCOCCOCCOCCOCCOCC(O)CC.C[Si](C)(C)O[Si](C)(C)O[Si](C)(C)C.C[Si](C)(C)O[Si](C)(C)O[Si](C)(C)C. The first kappa shape index (κ1) is 87.5. The molecule has 420 valence electrons. The van der Waals surface area contributed by atoms with Crippen molar-refractivity contribution >= 4 is 50.4 Å². The third-order valence-corrected chi connectivity index (χ3v) is 24.7. The van der Waals surface area contributed by atoms with Crippen molar-refractivity contribution in [3.8, 4) is 0 Å². The predicted octanol–water partition coefficient (Wildman–Crippen LogP) is 13.1. The van der Waals surface area contributed by atoms with Crippen molar-refractivity contribution in [1.82, 2.24) is 4.90 Å². The van der Waals surface area contributed by atoms with Crippen molar-refractivity contribution in [2.75, 3.05) is 106 Å². The second kappa shape index (κ2) is 53.1. The molecule has 0 heterocycles. The summed E-state index contributed by atoms with van der Waals surface area (Å²) >= 11 is 0. The maximum absolute atomic E-state index is 9.29. The molecule has 1 unspecified atom stereocenters. The molecule has 0 bridgehead atoms. The monoisotopic (exact) mass is 1080 g/mol. The number of nitrogens with two attached hydrogens (primary N) is 1. The number of nitrogens with zero attached hydrogens (tertiary/aromatic N) is 1. The molecule has 1 atom stereocenters. The Morgan fingerprint density at radius 3 is 0.836 bits per heavy atom. The second-order valence-corrected chi connectivity index (χ2v) is 46.3. The van der Waals surface area contributed by atoms with E-state index in [1.54, 1.807) is 0 Å². The van der Waals surface area contributed by atoms with E-state index in [1.165, 1.54) is 32.2 Å². The molecule has 0 aromatic heterocycles. The first-order valence-electron chi connectivity index (χ1n) is 24.1. The Morgan fingerprint density at radius 1 is 0.403 bits per heavy atom. The number of aliphatic hydroxyl groups is 1. The fourth-order valence-corrected chi connectivity index (χ4v) is 30.0. The quantitative estimate of drug-likeness (QED) is 0.0467. The van der Waals surface area contributed by atoms with Gasteiger partial charge >= 0.3 is 17.1 Å². The largest absolute Gasteiger partial charge is 0.437 e. The molecule has 0 spiro atoms. The van der Waals surface area contributed by atoms with Gasteiger partial charge in [0.25, 0.3) is 0 Å². The highest BCUT2D eigenvalue weighted by molar-refractivity contribution is 6.87. The third-order valence-electron chi connectivity index (χ3n) is 7.01. The minimum atomic E-state index is -1.85. The van der Waals surface area contributed by atoms with Crippen molar-refractivity contribution in [2.45, 2.75) is 213 Å². The topological polar surface area (TPSA) is 142 Å². The van der Waals surface area contributed by atoms with Crippen LogP contribution in [0.15, 0.2) is 0 Å². The van der Waals surface area contributed by atoms with E-state index < -0.39 is 50.4 Å². The molecule has 0 fully saturated rings. The zero-order valence-electron chi connectivity index (χ0n) is 46.0. The first-order valence-corrected chi connectivity index (χ1v) is 43.4. The van der Waals surface area contributed by atoms with Gasteiger partial charge < -0.3 is 60.6 Å². The maximum atomic E-state index is 9.29. The van der Waals surface area contributed by atoms with Crippen molar-refractivity contribution in [2.24, 2.45) is 5.73 Å². The lowest BCUT2D eigenvalue weighted by Gasteiger charge is -2.35. The lowest BCUT2D eigenvalue weighted by atomic mass is 10.3. The number of hydrogen-bond donors (Lipinski definition) is 2. The Labute approximate surface area is 428 Å². The highest BCUT2D eigenvalue weighted by Gasteiger charge is 2.36. The molecule has 67 heavy (non-hydrogen) atoms. The smallest absolute Gasteiger partial charge is 0.311 e. The molecule has 0 saturated carbocycles. The lowest BCUT2D eigenvalue weighted by molar-refractivity contribution is -0.0239. The van der Waals surface area contributed by atoms with Crippen molar-refractivity contribution in [1.29, 1.82) is 0 Å². The summed E-state index contributed by atoms with van der Waals surface area (Å²) in [5.41, 5.74) is 5.14. The van der Waals surface area contributed by atoms with Crippen LogP contribution in [0, 0.1) is 0 Å². The first-order chi connectivity index (χ1) is 28.8. The van der Waals surface area contributed by atoms with Crippen molar-refractivity contribution < 1.29 is 50.0 Å². The molecule has 0 saturated heterocycles. The minimum absolute atomic E-state index is 0. The van der Waals surface area contributed by atoms with Crippen LogP contribution in [0.5, 0.6) is 0 Å². The van der Waals surface area contributed by atoms with E-state index in [2.05, 4.69) is 145 Å². The molecule has 0 amide bonds. The fourth-order valence-electron chi connectivity index (χ4n) is 5.35. The van der Waals surface area contributed by atoms with Crippen LogP contribution >= 0.6 is 0 Å². The standard InChI is InChI=1S/C18H38O7.2C8H24O2Si3.C6H15N.C4H11N.4CH4/c1-3-5-6-20-7-8-21-9-10-22-11-12-23-13-14-24-15-16-25-17-18(19)4-2;2*1-11(2,3)9-13(7,8)10-12(4,5)6;1-4-5-6-7(2)3;1-2-3-4-5;;;;/h18-19H,3-17H2,1-2H3;2*1-8H3;4-6H2,1-3H3;2-5H2,1H3;4*1H4. The van der Waals surface area contributed by atoms with Gasteiger partial charge in [-0.2, -0.15) is 0 Å². The summed E-state index contributed by atoms with van der Waals surface area (Å²) in [6.07, 6.45) is 7.60. The zero-order chi connectivity index (χ0) is 50.1. The number of aliphatic hydroxyl groups excluding tert-OH is 1. The van der Waals surface area contributed by atoms with Gasteiger partial charge in [0.2, 0.25) is 0 Å². The van der Waals surface area contributed by atoms with Crippen molar-refractivity contribution in [3.05, 3.63) is 0 Å². The Morgan fingerprint density at radius 2 is 0.657 bits per heavy atom. The summed E-state index contributed by atoms with van der Waals surface area (Å²) in [5, 5.41) is 9.29. The van der Waals surface area contributed by atoms with Gasteiger partial charge in [0, 0.05) is 6.61 Å². The average Bonchev–Trinajstić information content (AvgIpc) is 3.08. The Kier molecular flexibility index (Phi) is 69.3. The van der Waals surface area contributed by atoms with Crippen LogP contribution in [0.25, 0.3) is 0 Å². The zero-order valence-corrected chi connectivity index (χ0v) is 52.0. The summed E-state index contributed by atoms with van der Waals surface area (Å²) in [6, 6.07) is 0. The van der Waals surface area contributed by atoms with Gasteiger partial charge in [-0.15, -0.1) is 0 Å². The fraction of sp³-hybridized carbons (Fsp3) is 1.00. The molecule has 0 rings (SSSR count). The molecule has 0 radical (unpaired) electrons. The number of hydrogen-bond acceptors (Lipinski definition) is 13. The predicted molar refractivity (Wildman–Crippen MR) is 313 cm³/mol. The van der Waals surface area contributed by atoms with E-state index in [4.69, 9.17) is 50.6 Å². The molecule has 0 aliphatic rings. The van der Waals surface area contributed by atoms with Gasteiger partial charge in [0.15, 0.2) is 33.3 Å². The van der Waals surface area contributed by atoms with Crippen molar-refractivity contribution in [3.63, 3.8) is 0 Å². The van der Waals surface area contributed by atoms with E-state index >= 15 is 0 Å². The molecule has 0 aromatic rings. The van der Waals surface area contributed by atoms with Gasteiger partial charge in [0.05, 0.1) is 78.8 Å². The molecule has 13 nitrogen and oxygen atoms in total. The van der Waals surface area contributed by atoms with Crippen LogP contribution in [0.3, 0.4) is 0 Å². The Hall–Kier alpha value is 0.781. The Bertz CT molecular complexity index is 860. The molecular weight excluding hydrogens is 949 g/mol. The molecular formula is C48H128N2O11Si6. The van der Waals surface area contributed by atoms with E-state index in [0.717, 1.165) is 26.0 Å². The van der Waals surface area contributed by atoms with Crippen LogP contribution < -0.4 is 5.73 Å². The van der Waals surface area contributed by atoms with Crippen LogP contribution in [0.2, 0.25) is 105 Å². The molecule has 3 N–H and O–H groups in total. The van der Waals surface area contributed by atoms with Gasteiger partial charge in [0.1, 0.15) is 0 Å². The highest BCUT2D eigenvalue weighted by atomic mass is 28.5. The lowest BCUT2D eigenvalue weighted by Crippen LogP contribution is -2.50. The van der Waals surface area contributed by atoms with Crippen LogP contribution in [-0.4, -0.2) is 173 Å². The minimum Gasteiger partial charge on any atom is -0.437 e. The number of unbranched alkanes of at least 4 members (excludes halogenated alkanes) is 3. The van der Waals surface area contributed by atoms with E-state index in [9.17, 15) is 5.11 Å². The second-order valence-electron chi connectivity index (χ2n) is 20.5. The normalized spacial score (nSPS) is 12.1. The van der Waals surface area contributed by atoms with Crippen LogP contribution in [0.1, 0.15) is 102 Å². The molecule has 19 heteroatoms. The summed E-state index contributed by atoms with van der Waals surface area (Å²) in [7, 11) is -5.22.